The molecule has 0 aromatic heterocycles. The Hall–Kier alpha value is -0.590. The molecular weight excluding hydrogens is 176 g/mol. The fourth-order valence-corrected chi connectivity index (χ4v) is 2.19. The molecule has 0 aliphatic carbocycles. The summed E-state index contributed by atoms with van der Waals surface area (Å²) in [5.74, 6) is 0.863. The van der Waals surface area contributed by atoms with E-state index in [1.165, 1.54) is 12.8 Å². The van der Waals surface area contributed by atoms with E-state index in [9.17, 15) is 0 Å². The Balaban J connectivity index is 1.83. The number of hydrogen-bond donors (Lipinski definition) is 0. The summed E-state index contributed by atoms with van der Waals surface area (Å²) in [4.78, 5) is 2.42. The van der Waals surface area contributed by atoms with Gasteiger partial charge >= 0.3 is 0 Å². The Kier molecular flexibility index (Phi) is 2.76. The first kappa shape index (κ1) is 9.95. The molecule has 0 saturated carbocycles. The van der Waals surface area contributed by atoms with Gasteiger partial charge in [-0.25, -0.2) is 0 Å². The predicted molar refractivity (Wildman–Crippen MR) is 53.7 cm³/mol. The van der Waals surface area contributed by atoms with Crippen LogP contribution in [0.1, 0.15) is 19.8 Å². The first-order chi connectivity index (χ1) is 6.74. The van der Waals surface area contributed by atoms with Crippen LogP contribution in [-0.2, 0) is 4.74 Å². The van der Waals surface area contributed by atoms with Crippen molar-refractivity contribution >= 4 is 0 Å². The number of likely N-dealkylation sites (tertiary alicyclic amines) is 1. The Morgan fingerprint density at radius 3 is 2.50 bits per heavy atom. The van der Waals surface area contributed by atoms with E-state index < -0.39 is 0 Å². The average Bonchev–Trinajstić information content (AvgIpc) is 2.15. The van der Waals surface area contributed by atoms with Gasteiger partial charge in [-0.3, -0.25) is 0 Å². The summed E-state index contributed by atoms with van der Waals surface area (Å²) in [5.41, 5.74) is -0.180. The van der Waals surface area contributed by atoms with Gasteiger partial charge in [0.05, 0.1) is 19.3 Å². The van der Waals surface area contributed by atoms with Crippen molar-refractivity contribution in [3.05, 3.63) is 0 Å². The van der Waals surface area contributed by atoms with Gasteiger partial charge in [0.2, 0.25) is 0 Å². The van der Waals surface area contributed by atoms with Gasteiger partial charge in [0.15, 0.2) is 0 Å². The summed E-state index contributed by atoms with van der Waals surface area (Å²) in [6.45, 7) is 6.81. The first-order valence-electron chi connectivity index (χ1n) is 5.45. The summed E-state index contributed by atoms with van der Waals surface area (Å²) in [7, 11) is 0. The van der Waals surface area contributed by atoms with Gasteiger partial charge in [-0.15, -0.1) is 0 Å². The molecule has 0 aromatic carbocycles. The summed E-state index contributed by atoms with van der Waals surface area (Å²) >= 11 is 0. The van der Waals surface area contributed by atoms with E-state index in [4.69, 9.17) is 10.00 Å². The molecule has 2 rings (SSSR count). The maximum atomic E-state index is 9.06. The number of rotatable bonds is 2. The highest BCUT2D eigenvalue weighted by atomic mass is 16.5. The summed E-state index contributed by atoms with van der Waals surface area (Å²) in [5, 5.41) is 9.06. The summed E-state index contributed by atoms with van der Waals surface area (Å²) in [6, 6.07) is 2.41. The van der Waals surface area contributed by atoms with Crippen LogP contribution >= 0.6 is 0 Å². The second-order valence-corrected chi connectivity index (χ2v) is 4.84. The molecule has 3 nitrogen and oxygen atoms in total. The Labute approximate surface area is 85.6 Å². The van der Waals surface area contributed by atoms with Crippen LogP contribution in [-0.4, -0.2) is 37.7 Å². The molecule has 2 fully saturated rings. The van der Waals surface area contributed by atoms with Crippen LogP contribution in [0.5, 0.6) is 0 Å². The van der Waals surface area contributed by atoms with Crippen molar-refractivity contribution in [2.24, 2.45) is 11.3 Å². The van der Waals surface area contributed by atoms with Crippen LogP contribution in [0, 0.1) is 22.7 Å². The lowest BCUT2D eigenvalue weighted by atomic mass is 9.86. The van der Waals surface area contributed by atoms with Crippen molar-refractivity contribution in [2.75, 3.05) is 32.8 Å². The van der Waals surface area contributed by atoms with Crippen molar-refractivity contribution in [1.82, 2.24) is 4.90 Å². The van der Waals surface area contributed by atoms with Gasteiger partial charge in [0.1, 0.15) is 5.41 Å². The minimum absolute atomic E-state index is 0.180. The van der Waals surface area contributed by atoms with Crippen LogP contribution < -0.4 is 0 Å². The maximum absolute atomic E-state index is 9.06. The SMILES string of the molecule is CC1CCN(CC2(C#N)COC2)CC1. The van der Waals surface area contributed by atoms with Crippen LogP contribution in [0.2, 0.25) is 0 Å². The fraction of sp³-hybridized carbons (Fsp3) is 0.909. The molecule has 0 bridgehead atoms. The van der Waals surface area contributed by atoms with E-state index >= 15 is 0 Å². The van der Waals surface area contributed by atoms with Crippen molar-refractivity contribution < 1.29 is 4.74 Å². The quantitative estimate of drug-likeness (QED) is 0.664. The second kappa shape index (κ2) is 3.88. The highest BCUT2D eigenvalue weighted by Gasteiger charge is 2.40. The molecular formula is C11H18N2O. The van der Waals surface area contributed by atoms with Crippen molar-refractivity contribution in [2.45, 2.75) is 19.8 Å². The topological polar surface area (TPSA) is 36.3 Å². The van der Waals surface area contributed by atoms with Gasteiger partial charge in [-0.05, 0) is 31.8 Å². The lowest BCUT2D eigenvalue weighted by molar-refractivity contribution is -0.0936. The molecule has 0 N–H and O–H groups in total. The monoisotopic (exact) mass is 194 g/mol. The van der Waals surface area contributed by atoms with Crippen LogP contribution in [0.3, 0.4) is 0 Å². The molecule has 0 atom stereocenters. The molecule has 0 aromatic rings. The minimum Gasteiger partial charge on any atom is -0.378 e. The first-order valence-corrected chi connectivity index (χ1v) is 5.45. The van der Waals surface area contributed by atoms with Gasteiger partial charge < -0.3 is 9.64 Å². The Morgan fingerprint density at radius 1 is 1.43 bits per heavy atom. The third kappa shape index (κ3) is 1.92. The molecule has 0 radical (unpaired) electrons. The number of nitriles is 1. The number of ether oxygens (including phenoxy) is 1. The van der Waals surface area contributed by atoms with Crippen molar-refractivity contribution in [3.63, 3.8) is 0 Å². The molecule has 2 saturated heterocycles. The Morgan fingerprint density at radius 2 is 2.07 bits per heavy atom. The highest BCUT2D eigenvalue weighted by molar-refractivity contribution is 5.05. The van der Waals surface area contributed by atoms with Crippen LogP contribution in [0.15, 0.2) is 0 Å². The number of nitrogens with zero attached hydrogens (tertiary/aromatic N) is 2. The molecule has 2 aliphatic rings. The van der Waals surface area contributed by atoms with E-state index in [1.807, 2.05) is 0 Å². The molecule has 14 heavy (non-hydrogen) atoms. The molecule has 78 valence electrons. The van der Waals surface area contributed by atoms with Crippen molar-refractivity contribution in [1.29, 1.82) is 5.26 Å². The van der Waals surface area contributed by atoms with Gasteiger partial charge in [0, 0.05) is 6.54 Å². The van der Waals surface area contributed by atoms with E-state index in [0.717, 1.165) is 25.6 Å². The lowest BCUT2D eigenvalue weighted by Gasteiger charge is -2.41. The fourth-order valence-electron chi connectivity index (χ4n) is 2.19. The van der Waals surface area contributed by atoms with Gasteiger partial charge in [0.25, 0.3) is 0 Å². The third-order valence-corrected chi connectivity index (χ3v) is 3.40. The predicted octanol–water partition coefficient (Wildman–Crippen LogP) is 1.26. The largest absolute Gasteiger partial charge is 0.378 e. The summed E-state index contributed by atoms with van der Waals surface area (Å²) in [6.07, 6.45) is 2.56. The van der Waals surface area contributed by atoms with E-state index in [2.05, 4.69) is 17.9 Å². The average molecular weight is 194 g/mol. The highest BCUT2D eigenvalue weighted by Crippen LogP contribution is 2.29. The normalized spacial score (nSPS) is 28.0. The smallest absolute Gasteiger partial charge is 0.116 e. The number of piperidine rings is 1. The van der Waals surface area contributed by atoms with Crippen molar-refractivity contribution in [3.8, 4) is 6.07 Å². The molecule has 0 amide bonds. The summed E-state index contributed by atoms with van der Waals surface area (Å²) < 4.78 is 5.14. The molecule has 3 heteroatoms. The van der Waals surface area contributed by atoms with Gasteiger partial charge in [-0.2, -0.15) is 5.26 Å². The molecule has 2 aliphatic heterocycles. The standard InChI is InChI=1S/C11H18N2O/c1-10-2-4-13(5-3-10)7-11(6-12)8-14-9-11/h10H,2-5,7-9H2,1H3. The van der Waals surface area contributed by atoms with Gasteiger partial charge in [-0.1, -0.05) is 6.92 Å². The van der Waals surface area contributed by atoms with Crippen LogP contribution in [0.4, 0.5) is 0 Å². The van der Waals surface area contributed by atoms with E-state index in [0.29, 0.717) is 13.2 Å². The van der Waals surface area contributed by atoms with E-state index in [1.54, 1.807) is 0 Å². The molecule has 0 unspecified atom stereocenters. The second-order valence-electron chi connectivity index (χ2n) is 4.84. The van der Waals surface area contributed by atoms with E-state index in [-0.39, 0.29) is 5.41 Å². The zero-order chi connectivity index (χ0) is 10.0. The zero-order valence-corrected chi connectivity index (χ0v) is 8.83. The molecule has 0 spiro atoms. The maximum Gasteiger partial charge on any atom is 0.116 e. The minimum atomic E-state index is -0.180. The zero-order valence-electron chi connectivity index (χ0n) is 8.83. The third-order valence-electron chi connectivity index (χ3n) is 3.40. The number of hydrogen-bond acceptors (Lipinski definition) is 3. The lowest BCUT2D eigenvalue weighted by Crippen LogP contribution is -2.51. The van der Waals surface area contributed by atoms with Crippen LogP contribution in [0.25, 0.3) is 0 Å². The molecule has 2 heterocycles. The Bertz CT molecular complexity index is 234.